The molecule has 1 saturated heterocycles. The van der Waals surface area contributed by atoms with Crippen molar-refractivity contribution in [2.75, 3.05) is 51.1 Å². The fourth-order valence-electron chi connectivity index (χ4n) is 4.43. The maximum Gasteiger partial charge on any atom is 0.322 e. The van der Waals surface area contributed by atoms with E-state index in [0.29, 0.717) is 24.6 Å². The molecule has 0 N–H and O–H groups in total. The Morgan fingerprint density at radius 3 is 2.15 bits per heavy atom. The lowest BCUT2D eigenvalue weighted by molar-refractivity contribution is -0.165. The normalized spacial score (nSPS) is 16.5. The molecule has 0 amide bonds. The van der Waals surface area contributed by atoms with Gasteiger partial charge < -0.3 is 23.8 Å². The van der Waals surface area contributed by atoms with Crippen molar-refractivity contribution in [3.63, 3.8) is 0 Å². The molecule has 0 spiro atoms. The Morgan fingerprint density at radius 2 is 1.52 bits per heavy atom. The van der Waals surface area contributed by atoms with Crippen LogP contribution in [0.1, 0.15) is 25.5 Å². The second kappa shape index (κ2) is 10.6. The fraction of sp³-hybridized carbons (Fsp3) is 0.440. The average Bonchev–Trinajstić information content (AvgIpc) is 3.31. The molecule has 0 radical (unpaired) electrons. The molecular formula is C25H30N2O6. The molecule has 2 heterocycles. The van der Waals surface area contributed by atoms with Crippen LogP contribution in [0.2, 0.25) is 0 Å². The summed E-state index contributed by atoms with van der Waals surface area (Å²) in [4.78, 5) is 30.5. The highest BCUT2D eigenvalue weighted by Gasteiger charge is 2.43. The molecule has 2 aliphatic heterocycles. The minimum atomic E-state index is -1.10. The van der Waals surface area contributed by atoms with E-state index in [1.54, 1.807) is 13.8 Å². The maximum atomic E-state index is 13.0. The third-order valence-electron chi connectivity index (χ3n) is 5.96. The third-order valence-corrected chi connectivity index (χ3v) is 5.96. The number of nitrogens with zero attached hydrogens (tertiary/aromatic N) is 2. The van der Waals surface area contributed by atoms with Crippen LogP contribution in [0.4, 0.5) is 5.69 Å². The summed E-state index contributed by atoms with van der Waals surface area (Å²) >= 11 is 0. The van der Waals surface area contributed by atoms with Crippen LogP contribution in [0.3, 0.4) is 0 Å². The van der Waals surface area contributed by atoms with Crippen molar-refractivity contribution in [3.8, 4) is 11.5 Å². The number of piperazine rings is 1. The fourth-order valence-corrected chi connectivity index (χ4v) is 4.43. The van der Waals surface area contributed by atoms with E-state index in [2.05, 4.69) is 21.9 Å². The lowest BCUT2D eigenvalue weighted by atomic mass is 9.90. The number of carbonyl (C=O) groups is 2. The smallest absolute Gasteiger partial charge is 0.322 e. The molecule has 0 saturated carbocycles. The average molecular weight is 455 g/mol. The van der Waals surface area contributed by atoms with Crippen LogP contribution >= 0.6 is 0 Å². The van der Waals surface area contributed by atoms with E-state index in [-0.39, 0.29) is 20.0 Å². The second-order valence-electron chi connectivity index (χ2n) is 7.90. The molecule has 8 nitrogen and oxygen atoms in total. The van der Waals surface area contributed by atoms with Gasteiger partial charge in [-0.3, -0.25) is 14.5 Å². The van der Waals surface area contributed by atoms with Crippen LogP contribution < -0.4 is 14.4 Å². The van der Waals surface area contributed by atoms with Crippen molar-refractivity contribution in [1.29, 1.82) is 0 Å². The Morgan fingerprint density at radius 1 is 0.879 bits per heavy atom. The number of para-hydroxylation sites is 1. The molecule has 0 aromatic heterocycles. The number of hydrogen-bond donors (Lipinski definition) is 0. The molecule has 1 fully saturated rings. The number of benzene rings is 2. The maximum absolute atomic E-state index is 13.0. The van der Waals surface area contributed by atoms with Gasteiger partial charge in [0.2, 0.25) is 6.79 Å². The quantitative estimate of drug-likeness (QED) is 0.445. The zero-order valence-corrected chi connectivity index (χ0v) is 19.1. The van der Waals surface area contributed by atoms with Crippen LogP contribution in [0.25, 0.3) is 0 Å². The van der Waals surface area contributed by atoms with Gasteiger partial charge in [0.1, 0.15) is 0 Å². The summed E-state index contributed by atoms with van der Waals surface area (Å²) in [6.45, 7) is 6.86. The van der Waals surface area contributed by atoms with E-state index in [4.69, 9.17) is 18.9 Å². The molecule has 1 atom stereocenters. The third kappa shape index (κ3) is 5.06. The standard InChI is InChI=1S/C25H30N2O6/c1-3-30-24(28)22(25(29)31-4-2)23(18-10-11-20-21(16-18)33-17-32-20)27-14-12-26(13-15-27)19-8-6-5-7-9-19/h5-11,16,22-23H,3-4,12-15,17H2,1-2H3/t23-/m1/s1. The van der Waals surface area contributed by atoms with Crippen molar-refractivity contribution in [3.05, 3.63) is 54.1 Å². The van der Waals surface area contributed by atoms with Crippen molar-refractivity contribution >= 4 is 17.6 Å². The number of anilines is 1. The van der Waals surface area contributed by atoms with Gasteiger partial charge in [-0.25, -0.2) is 0 Å². The van der Waals surface area contributed by atoms with Gasteiger partial charge in [0.15, 0.2) is 17.4 Å². The summed E-state index contributed by atoms with van der Waals surface area (Å²) in [6, 6.07) is 15.2. The van der Waals surface area contributed by atoms with E-state index in [9.17, 15) is 9.59 Å². The number of carbonyl (C=O) groups excluding carboxylic acids is 2. The summed E-state index contributed by atoms with van der Waals surface area (Å²) in [7, 11) is 0. The molecular weight excluding hydrogens is 424 g/mol. The minimum absolute atomic E-state index is 0.151. The molecule has 176 valence electrons. The highest BCUT2D eigenvalue weighted by Crippen LogP contribution is 2.39. The molecule has 2 aromatic carbocycles. The number of rotatable bonds is 8. The molecule has 2 aromatic rings. The van der Waals surface area contributed by atoms with E-state index >= 15 is 0 Å². The number of ether oxygens (including phenoxy) is 4. The Kier molecular flexibility index (Phi) is 7.34. The largest absolute Gasteiger partial charge is 0.465 e. The van der Waals surface area contributed by atoms with Gasteiger partial charge in [0.05, 0.1) is 19.3 Å². The zero-order chi connectivity index (χ0) is 23.2. The van der Waals surface area contributed by atoms with Crippen molar-refractivity contribution in [1.82, 2.24) is 4.90 Å². The first kappa shape index (κ1) is 22.9. The van der Waals surface area contributed by atoms with E-state index < -0.39 is 23.9 Å². The molecule has 4 rings (SSSR count). The molecule has 2 aliphatic rings. The van der Waals surface area contributed by atoms with Crippen LogP contribution in [0.15, 0.2) is 48.5 Å². The lowest BCUT2D eigenvalue weighted by Gasteiger charge is -2.42. The first-order valence-electron chi connectivity index (χ1n) is 11.4. The summed E-state index contributed by atoms with van der Waals surface area (Å²) in [6.07, 6.45) is 0. The van der Waals surface area contributed by atoms with Gasteiger partial charge in [0.25, 0.3) is 0 Å². The first-order valence-corrected chi connectivity index (χ1v) is 11.4. The van der Waals surface area contributed by atoms with Gasteiger partial charge in [-0.15, -0.1) is 0 Å². The van der Waals surface area contributed by atoms with Gasteiger partial charge in [-0.05, 0) is 43.7 Å². The Labute approximate surface area is 194 Å². The predicted octanol–water partition coefficient (Wildman–Crippen LogP) is 3.02. The van der Waals surface area contributed by atoms with Crippen LogP contribution in [0, 0.1) is 5.92 Å². The number of fused-ring (bicyclic) bond motifs is 1. The van der Waals surface area contributed by atoms with Crippen molar-refractivity contribution in [2.24, 2.45) is 5.92 Å². The molecule has 33 heavy (non-hydrogen) atoms. The van der Waals surface area contributed by atoms with Crippen LogP contribution in [0.5, 0.6) is 11.5 Å². The van der Waals surface area contributed by atoms with E-state index in [1.807, 2.05) is 36.4 Å². The summed E-state index contributed by atoms with van der Waals surface area (Å²) in [5.74, 6) is -1.01. The summed E-state index contributed by atoms with van der Waals surface area (Å²) in [5.41, 5.74) is 1.95. The zero-order valence-electron chi connectivity index (χ0n) is 19.1. The predicted molar refractivity (Wildman–Crippen MR) is 122 cm³/mol. The van der Waals surface area contributed by atoms with Gasteiger partial charge in [-0.1, -0.05) is 24.3 Å². The van der Waals surface area contributed by atoms with E-state index in [0.717, 1.165) is 24.3 Å². The SMILES string of the molecule is CCOC(=O)C(C(=O)OCC)[C@@H](c1ccc2c(c1)OCO2)N1CCN(c2ccccc2)CC1. The first-order chi connectivity index (χ1) is 16.1. The molecule has 0 bridgehead atoms. The highest BCUT2D eigenvalue weighted by atomic mass is 16.7. The molecule has 0 unspecified atom stereocenters. The number of hydrogen-bond acceptors (Lipinski definition) is 8. The van der Waals surface area contributed by atoms with Crippen molar-refractivity contribution in [2.45, 2.75) is 19.9 Å². The van der Waals surface area contributed by atoms with E-state index in [1.165, 1.54) is 0 Å². The van der Waals surface area contributed by atoms with Gasteiger partial charge in [0, 0.05) is 31.9 Å². The summed E-state index contributed by atoms with van der Waals surface area (Å²) in [5, 5.41) is 0. The van der Waals surface area contributed by atoms with Crippen LogP contribution in [-0.4, -0.2) is 63.0 Å². The van der Waals surface area contributed by atoms with Gasteiger partial charge >= 0.3 is 11.9 Å². The Bertz CT molecular complexity index is 941. The number of esters is 2. The van der Waals surface area contributed by atoms with Gasteiger partial charge in [-0.2, -0.15) is 0 Å². The van der Waals surface area contributed by atoms with Crippen LogP contribution in [-0.2, 0) is 19.1 Å². The highest BCUT2D eigenvalue weighted by molar-refractivity contribution is 5.96. The summed E-state index contributed by atoms with van der Waals surface area (Å²) < 4.78 is 21.6. The molecule has 0 aliphatic carbocycles. The Balaban J connectivity index is 1.65. The molecule has 8 heteroatoms. The Hall–Kier alpha value is -3.26. The topological polar surface area (TPSA) is 77.5 Å². The second-order valence-corrected chi connectivity index (χ2v) is 7.90. The monoisotopic (exact) mass is 454 g/mol. The lowest BCUT2D eigenvalue weighted by Crippen LogP contribution is -2.51. The minimum Gasteiger partial charge on any atom is -0.465 e. The van der Waals surface area contributed by atoms with Crippen molar-refractivity contribution < 1.29 is 28.5 Å².